The molecule has 0 saturated carbocycles. The Hall–Kier alpha value is -4.54. The lowest BCUT2D eigenvalue weighted by Gasteiger charge is -2.22. The minimum atomic E-state index is -1.58. The maximum Gasteiger partial charge on any atom is 0.326 e. The van der Waals surface area contributed by atoms with Crippen LogP contribution in [0, 0.1) is 11.8 Å². The predicted octanol–water partition coefficient (Wildman–Crippen LogP) is 6.49. The molecule has 0 bridgehead atoms. The highest BCUT2D eigenvalue weighted by Crippen LogP contribution is 2.23. The average Bonchev–Trinajstić information content (AvgIpc) is 3.06. The van der Waals surface area contributed by atoms with Gasteiger partial charge in [0.15, 0.2) is 0 Å². The number of carboxylic acids is 3. The quantitative estimate of drug-likeness (QED) is 0.0676. The summed E-state index contributed by atoms with van der Waals surface area (Å²) in [6, 6.07) is 9.24. The topological polar surface area (TPSA) is 180 Å². The number of benzene rings is 1. The first-order chi connectivity index (χ1) is 23.0. The third-order valence-electron chi connectivity index (χ3n) is 8.21. The number of nitrogens with one attached hydrogen (secondary N) is 1. The van der Waals surface area contributed by atoms with Crippen molar-refractivity contribution in [2.75, 3.05) is 7.11 Å². The van der Waals surface area contributed by atoms with E-state index in [2.05, 4.69) is 17.2 Å². The van der Waals surface area contributed by atoms with Gasteiger partial charge in [0.25, 0.3) is 0 Å². The van der Waals surface area contributed by atoms with E-state index in [1.165, 1.54) is 32.4 Å². The maximum atomic E-state index is 13.3. The second-order valence-electron chi connectivity index (χ2n) is 12.0. The fourth-order valence-electron chi connectivity index (χ4n) is 5.40. The molecular formula is C37H50N2O9. The fraction of sp³-hybridized carbons (Fsp3) is 0.514. The van der Waals surface area contributed by atoms with Gasteiger partial charge in [-0.15, -0.1) is 0 Å². The number of aliphatic carboxylic acids is 3. The number of ether oxygens (including phenoxy) is 1. The summed E-state index contributed by atoms with van der Waals surface area (Å²) in [5.74, 6) is -7.24. The number of ketones is 1. The van der Waals surface area contributed by atoms with Crippen molar-refractivity contribution in [1.82, 2.24) is 10.3 Å². The van der Waals surface area contributed by atoms with E-state index >= 15 is 0 Å². The Bertz CT molecular complexity index is 1340. The van der Waals surface area contributed by atoms with Crippen LogP contribution in [0.25, 0.3) is 11.1 Å². The van der Waals surface area contributed by atoms with Gasteiger partial charge in [-0.05, 0) is 42.9 Å². The number of aromatic nitrogens is 1. The lowest BCUT2D eigenvalue weighted by Crippen LogP contribution is -2.47. The number of nitrogens with zero attached hydrogens (tertiary/aromatic N) is 1. The zero-order valence-electron chi connectivity index (χ0n) is 28.1. The summed E-state index contributed by atoms with van der Waals surface area (Å²) in [4.78, 5) is 65.2. The molecule has 0 aliphatic rings. The van der Waals surface area contributed by atoms with Crippen LogP contribution in [0.1, 0.15) is 96.0 Å². The Morgan fingerprint density at radius 3 is 1.98 bits per heavy atom. The summed E-state index contributed by atoms with van der Waals surface area (Å²) >= 11 is 0. The monoisotopic (exact) mass is 666 g/mol. The number of Topliss-reactive ketones (excluding diaryl/α,β-unsaturated/α-hetero) is 1. The average molecular weight is 667 g/mol. The van der Waals surface area contributed by atoms with Crippen LogP contribution in [-0.2, 0) is 30.4 Å². The Morgan fingerprint density at radius 2 is 1.44 bits per heavy atom. The van der Waals surface area contributed by atoms with E-state index < -0.39 is 48.1 Å². The highest BCUT2D eigenvalue weighted by molar-refractivity contribution is 5.91. The summed E-state index contributed by atoms with van der Waals surface area (Å²) in [6.45, 7) is 2.16. The van der Waals surface area contributed by atoms with Gasteiger partial charge < -0.3 is 25.4 Å². The van der Waals surface area contributed by atoms with Crippen molar-refractivity contribution in [2.24, 2.45) is 11.8 Å². The molecule has 11 nitrogen and oxygen atoms in total. The summed E-state index contributed by atoms with van der Waals surface area (Å²) in [5.41, 5.74) is 2.29. The highest BCUT2D eigenvalue weighted by Gasteiger charge is 2.35. The molecule has 2 aromatic rings. The summed E-state index contributed by atoms with van der Waals surface area (Å²) in [6.07, 6.45) is 14.4. The van der Waals surface area contributed by atoms with E-state index in [1.807, 2.05) is 6.07 Å². The standard InChI is InChI=1S/C37H50N2O9/c1-3-4-5-8-11-14-29(40)15-12-9-6-7-10-13-16-30(31(36(44)45)24-34(41)42)35(43)39-32(37(46)47)23-26-17-19-27(20-18-26)28-21-22-33(48-2)38-25-28/h13,16-22,25,30-32H,3-12,14-15,23-24H2,1-2H3,(H,39,43)(H,41,42)(H,44,45)(H,46,47)/b16-13+/t30-,31+,32-/m0/s1. The number of hydrogen-bond donors (Lipinski definition) is 4. The van der Waals surface area contributed by atoms with Crippen LogP contribution >= 0.6 is 0 Å². The number of methoxy groups -OCH3 is 1. The number of carboxylic acid groups (broad SMARTS) is 3. The minimum absolute atomic E-state index is 0.0727. The Balaban J connectivity index is 1.97. The molecule has 1 heterocycles. The number of allylic oxidation sites excluding steroid dienone is 1. The predicted molar refractivity (Wildman–Crippen MR) is 182 cm³/mol. The molecule has 0 spiro atoms. The van der Waals surface area contributed by atoms with Gasteiger partial charge in [0.1, 0.15) is 11.8 Å². The number of unbranched alkanes of at least 4 members (excludes halogenated alkanes) is 8. The molecule has 1 aromatic heterocycles. The molecule has 48 heavy (non-hydrogen) atoms. The van der Waals surface area contributed by atoms with Crippen molar-refractivity contribution in [1.29, 1.82) is 0 Å². The van der Waals surface area contributed by atoms with Crippen molar-refractivity contribution in [3.63, 3.8) is 0 Å². The zero-order valence-corrected chi connectivity index (χ0v) is 28.1. The molecule has 1 aromatic carbocycles. The Morgan fingerprint density at radius 1 is 0.812 bits per heavy atom. The van der Waals surface area contributed by atoms with Gasteiger partial charge >= 0.3 is 17.9 Å². The molecule has 3 atom stereocenters. The second kappa shape index (κ2) is 22.1. The molecule has 4 N–H and O–H groups in total. The van der Waals surface area contributed by atoms with Crippen LogP contribution in [0.15, 0.2) is 54.7 Å². The second-order valence-corrected chi connectivity index (χ2v) is 12.0. The first-order valence-corrected chi connectivity index (χ1v) is 16.8. The van der Waals surface area contributed by atoms with Crippen LogP contribution in [-0.4, -0.2) is 63.1 Å². The molecule has 2 rings (SSSR count). The number of rotatable bonds is 25. The number of carbonyl (C=O) groups is 5. The van der Waals surface area contributed by atoms with Gasteiger partial charge in [-0.3, -0.25) is 19.2 Å². The van der Waals surface area contributed by atoms with Crippen molar-refractivity contribution in [3.8, 4) is 17.0 Å². The largest absolute Gasteiger partial charge is 0.481 e. The summed E-state index contributed by atoms with van der Waals surface area (Å²) in [7, 11) is 1.52. The van der Waals surface area contributed by atoms with Crippen molar-refractivity contribution in [3.05, 3.63) is 60.3 Å². The van der Waals surface area contributed by atoms with Crippen molar-refractivity contribution in [2.45, 2.75) is 103 Å². The third kappa shape index (κ3) is 14.9. The van der Waals surface area contributed by atoms with Crippen LogP contribution < -0.4 is 10.1 Å². The van der Waals surface area contributed by atoms with Gasteiger partial charge in [0.05, 0.1) is 25.4 Å². The van der Waals surface area contributed by atoms with Gasteiger partial charge in [-0.1, -0.05) is 81.9 Å². The highest BCUT2D eigenvalue weighted by atomic mass is 16.5. The number of hydrogen-bond acceptors (Lipinski definition) is 7. The van der Waals surface area contributed by atoms with E-state index in [0.29, 0.717) is 36.5 Å². The van der Waals surface area contributed by atoms with Crippen LogP contribution in [0.2, 0.25) is 0 Å². The van der Waals surface area contributed by atoms with Crippen LogP contribution in [0.4, 0.5) is 0 Å². The first-order valence-electron chi connectivity index (χ1n) is 16.8. The van der Waals surface area contributed by atoms with Crippen LogP contribution in [0.5, 0.6) is 5.88 Å². The van der Waals surface area contributed by atoms with Gasteiger partial charge in [0.2, 0.25) is 11.8 Å². The van der Waals surface area contributed by atoms with Gasteiger partial charge in [-0.2, -0.15) is 0 Å². The number of carbonyl (C=O) groups excluding carboxylic acids is 2. The first kappa shape index (κ1) is 39.6. The molecule has 11 heteroatoms. The number of amides is 1. The molecule has 0 unspecified atom stereocenters. The molecule has 0 saturated heterocycles. The SMILES string of the molecule is CCCCCCCC(=O)CCCCCC/C=C/[C@H](C(=O)N[C@@H](Cc1ccc(-c2ccc(OC)nc2)cc1)C(=O)O)[C@@H](CC(=O)O)C(=O)O. The fourth-order valence-corrected chi connectivity index (χ4v) is 5.40. The van der Waals surface area contributed by atoms with E-state index in [9.17, 15) is 39.3 Å². The van der Waals surface area contributed by atoms with E-state index in [-0.39, 0.29) is 6.42 Å². The third-order valence-corrected chi connectivity index (χ3v) is 8.21. The molecule has 1 amide bonds. The molecule has 0 fully saturated rings. The van der Waals surface area contributed by atoms with Crippen LogP contribution in [0.3, 0.4) is 0 Å². The Kier molecular flexibility index (Phi) is 18.3. The lowest BCUT2D eigenvalue weighted by molar-refractivity contribution is -0.152. The van der Waals surface area contributed by atoms with E-state index in [4.69, 9.17) is 4.74 Å². The maximum absolute atomic E-state index is 13.3. The summed E-state index contributed by atoms with van der Waals surface area (Å²) < 4.78 is 5.08. The zero-order chi connectivity index (χ0) is 35.3. The Labute approximate surface area is 282 Å². The minimum Gasteiger partial charge on any atom is -0.481 e. The lowest BCUT2D eigenvalue weighted by atomic mass is 9.87. The van der Waals surface area contributed by atoms with E-state index in [1.54, 1.807) is 42.6 Å². The van der Waals surface area contributed by atoms with Gasteiger partial charge in [-0.25, -0.2) is 9.78 Å². The van der Waals surface area contributed by atoms with Crippen molar-refractivity contribution < 1.29 is 44.0 Å². The molecule has 262 valence electrons. The van der Waals surface area contributed by atoms with E-state index in [0.717, 1.165) is 49.7 Å². The van der Waals surface area contributed by atoms with Crippen molar-refractivity contribution >= 4 is 29.6 Å². The van der Waals surface area contributed by atoms with Gasteiger partial charge in [0, 0.05) is 37.1 Å². The number of pyridine rings is 1. The molecule has 0 aliphatic heterocycles. The molecule has 0 aliphatic carbocycles. The smallest absolute Gasteiger partial charge is 0.326 e. The molecule has 0 radical (unpaired) electrons. The molecular weight excluding hydrogens is 616 g/mol. The summed E-state index contributed by atoms with van der Waals surface area (Å²) in [5, 5.41) is 31.4. The normalized spacial score (nSPS) is 13.0.